The van der Waals surface area contributed by atoms with E-state index in [1.807, 2.05) is 31.4 Å². The summed E-state index contributed by atoms with van der Waals surface area (Å²) in [6.07, 6.45) is 0.220. The van der Waals surface area contributed by atoms with E-state index in [1.165, 1.54) is 11.3 Å². The molecule has 3 rings (SSSR count). The Morgan fingerprint density at radius 2 is 2.08 bits per heavy atom. The minimum atomic E-state index is -0.0858. The number of amides is 1. The Balaban J connectivity index is 1.63. The van der Waals surface area contributed by atoms with Crippen molar-refractivity contribution in [2.45, 2.75) is 26.8 Å². The van der Waals surface area contributed by atoms with E-state index in [0.717, 1.165) is 27.7 Å². The van der Waals surface area contributed by atoms with Crippen LogP contribution < -0.4 is 5.32 Å². The molecule has 25 heavy (non-hydrogen) atoms. The molecular formula is C18H16Cl2N2O2S. The van der Waals surface area contributed by atoms with Crippen LogP contribution in [-0.4, -0.2) is 10.9 Å². The summed E-state index contributed by atoms with van der Waals surface area (Å²) < 4.78 is 5.45. The zero-order valence-corrected chi connectivity index (χ0v) is 16.1. The molecule has 0 unspecified atom stereocenters. The normalized spacial score (nSPS) is 10.9. The van der Waals surface area contributed by atoms with Gasteiger partial charge < -0.3 is 9.73 Å². The molecule has 2 heterocycles. The van der Waals surface area contributed by atoms with Crippen molar-refractivity contribution in [1.82, 2.24) is 10.3 Å². The van der Waals surface area contributed by atoms with Crippen molar-refractivity contribution in [3.63, 3.8) is 0 Å². The fourth-order valence-electron chi connectivity index (χ4n) is 2.45. The summed E-state index contributed by atoms with van der Waals surface area (Å²) in [6.45, 7) is 4.22. The number of hydrogen-bond donors (Lipinski definition) is 1. The average Bonchev–Trinajstić information content (AvgIpc) is 3.11. The van der Waals surface area contributed by atoms with E-state index >= 15 is 0 Å². The number of rotatable bonds is 5. The number of hydrogen-bond acceptors (Lipinski definition) is 4. The fourth-order valence-corrected chi connectivity index (χ4v) is 3.87. The number of furan rings is 1. The van der Waals surface area contributed by atoms with Gasteiger partial charge in [0.25, 0.3) is 0 Å². The lowest BCUT2D eigenvalue weighted by Gasteiger charge is -2.03. The van der Waals surface area contributed by atoms with Crippen molar-refractivity contribution >= 4 is 40.4 Å². The highest BCUT2D eigenvalue weighted by atomic mass is 35.5. The highest BCUT2D eigenvalue weighted by Crippen LogP contribution is 2.32. The molecule has 7 heteroatoms. The zero-order valence-electron chi connectivity index (χ0n) is 13.7. The van der Waals surface area contributed by atoms with E-state index in [4.69, 9.17) is 27.6 Å². The molecular weight excluding hydrogens is 379 g/mol. The van der Waals surface area contributed by atoms with Crippen molar-refractivity contribution in [3.05, 3.63) is 62.5 Å². The lowest BCUT2D eigenvalue weighted by Crippen LogP contribution is -2.24. The molecule has 130 valence electrons. The van der Waals surface area contributed by atoms with E-state index in [0.29, 0.717) is 22.3 Å². The Hall–Kier alpha value is -1.82. The lowest BCUT2D eigenvalue weighted by molar-refractivity contribution is -0.120. The van der Waals surface area contributed by atoms with Gasteiger partial charge in [0.1, 0.15) is 16.5 Å². The summed E-state index contributed by atoms with van der Waals surface area (Å²) in [5.41, 5.74) is 2.51. The first kappa shape index (κ1) is 18.0. The molecule has 1 N–H and O–H groups in total. The molecule has 1 amide bonds. The first-order valence-corrected chi connectivity index (χ1v) is 9.28. The molecule has 0 fully saturated rings. The monoisotopic (exact) mass is 394 g/mol. The molecule has 2 aromatic heterocycles. The second-order valence-corrected chi connectivity index (χ2v) is 7.36. The van der Waals surface area contributed by atoms with Crippen LogP contribution in [0.5, 0.6) is 0 Å². The molecule has 0 radical (unpaired) electrons. The number of aryl methyl sites for hydroxylation is 2. The van der Waals surface area contributed by atoms with E-state index in [1.54, 1.807) is 12.1 Å². The quantitative estimate of drug-likeness (QED) is 0.647. The Morgan fingerprint density at radius 1 is 1.28 bits per heavy atom. The van der Waals surface area contributed by atoms with Gasteiger partial charge in [0.15, 0.2) is 0 Å². The van der Waals surface area contributed by atoms with Crippen molar-refractivity contribution < 1.29 is 9.21 Å². The molecule has 0 aliphatic carbocycles. The Morgan fingerprint density at radius 3 is 2.76 bits per heavy atom. The molecule has 3 aromatic rings. The summed E-state index contributed by atoms with van der Waals surface area (Å²) >= 11 is 13.6. The van der Waals surface area contributed by atoms with Gasteiger partial charge in [-0.1, -0.05) is 23.2 Å². The van der Waals surface area contributed by atoms with Gasteiger partial charge in [-0.15, -0.1) is 11.3 Å². The highest BCUT2D eigenvalue weighted by molar-refractivity contribution is 7.13. The topological polar surface area (TPSA) is 55.1 Å². The van der Waals surface area contributed by atoms with Crippen LogP contribution in [0.2, 0.25) is 10.0 Å². The first-order chi connectivity index (χ1) is 11.9. The Labute approximate surface area is 159 Å². The van der Waals surface area contributed by atoms with Gasteiger partial charge in [0.2, 0.25) is 5.91 Å². The van der Waals surface area contributed by atoms with Gasteiger partial charge >= 0.3 is 0 Å². The van der Waals surface area contributed by atoms with Crippen LogP contribution in [-0.2, 0) is 17.8 Å². The summed E-state index contributed by atoms with van der Waals surface area (Å²) in [6, 6.07) is 7.21. The molecule has 0 atom stereocenters. The second-order valence-electron chi connectivity index (χ2n) is 5.66. The second kappa shape index (κ2) is 7.60. The zero-order chi connectivity index (χ0) is 18.0. The number of aromatic nitrogens is 1. The third-order valence-corrected chi connectivity index (χ3v) is 5.15. The van der Waals surface area contributed by atoms with E-state index in [2.05, 4.69) is 10.3 Å². The van der Waals surface area contributed by atoms with Crippen molar-refractivity contribution in [3.8, 4) is 10.6 Å². The van der Waals surface area contributed by atoms with Gasteiger partial charge in [-0.3, -0.25) is 4.79 Å². The standard InChI is InChI=1S/C18H16Cl2N2O2S/c1-10-5-12(11(2)24-10)8-21-17(23)7-14-9-25-18(22-14)15-4-3-13(19)6-16(15)20/h3-6,9H,7-8H2,1-2H3,(H,21,23). The number of nitrogens with one attached hydrogen (secondary N) is 1. The number of benzene rings is 1. The smallest absolute Gasteiger partial charge is 0.226 e. The number of nitrogens with zero attached hydrogens (tertiary/aromatic N) is 1. The molecule has 0 bridgehead atoms. The molecule has 0 spiro atoms. The van der Waals surface area contributed by atoms with Gasteiger partial charge in [-0.05, 0) is 38.1 Å². The Bertz CT molecular complexity index is 918. The van der Waals surface area contributed by atoms with Crippen LogP contribution in [0.1, 0.15) is 22.8 Å². The van der Waals surface area contributed by atoms with Crippen LogP contribution in [0, 0.1) is 13.8 Å². The largest absolute Gasteiger partial charge is 0.466 e. The van der Waals surface area contributed by atoms with Crippen LogP contribution >= 0.6 is 34.5 Å². The first-order valence-electron chi connectivity index (χ1n) is 7.65. The van der Waals surface area contributed by atoms with E-state index in [-0.39, 0.29) is 12.3 Å². The maximum absolute atomic E-state index is 12.1. The van der Waals surface area contributed by atoms with Crippen LogP contribution in [0.15, 0.2) is 34.1 Å². The maximum atomic E-state index is 12.1. The van der Waals surface area contributed by atoms with Gasteiger partial charge in [0.05, 0.1) is 17.1 Å². The minimum absolute atomic E-state index is 0.0858. The predicted octanol–water partition coefficient (Wildman–Crippen LogP) is 5.19. The van der Waals surface area contributed by atoms with E-state index < -0.39 is 0 Å². The summed E-state index contributed by atoms with van der Waals surface area (Å²) in [7, 11) is 0. The Kier molecular flexibility index (Phi) is 5.47. The predicted molar refractivity (Wildman–Crippen MR) is 101 cm³/mol. The van der Waals surface area contributed by atoms with Crippen LogP contribution in [0.3, 0.4) is 0 Å². The lowest BCUT2D eigenvalue weighted by atomic mass is 10.2. The van der Waals surface area contributed by atoms with Crippen molar-refractivity contribution in [2.75, 3.05) is 0 Å². The third-order valence-electron chi connectivity index (χ3n) is 3.67. The third kappa shape index (κ3) is 4.42. The maximum Gasteiger partial charge on any atom is 0.226 e. The van der Waals surface area contributed by atoms with Crippen LogP contribution in [0.25, 0.3) is 10.6 Å². The number of halogens is 2. The van der Waals surface area contributed by atoms with Gasteiger partial charge in [-0.2, -0.15) is 0 Å². The number of thiazole rings is 1. The fraction of sp³-hybridized carbons (Fsp3) is 0.222. The summed E-state index contributed by atoms with van der Waals surface area (Å²) in [5, 5.41) is 6.65. The summed E-state index contributed by atoms with van der Waals surface area (Å²) in [4.78, 5) is 16.6. The molecule has 4 nitrogen and oxygen atoms in total. The highest BCUT2D eigenvalue weighted by Gasteiger charge is 2.12. The molecule has 0 saturated heterocycles. The molecule has 0 aliphatic heterocycles. The SMILES string of the molecule is Cc1cc(CNC(=O)Cc2csc(-c3ccc(Cl)cc3Cl)n2)c(C)o1. The van der Waals surface area contributed by atoms with Crippen molar-refractivity contribution in [1.29, 1.82) is 0 Å². The number of carbonyl (C=O) groups is 1. The van der Waals surface area contributed by atoms with Crippen molar-refractivity contribution in [2.24, 2.45) is 0 Å². The van der Waals surface area contributed by atoms with Crippen LogP contribution in [0.4, 0.5) is 0 Å². The molecule has 1 aromatic carbocycles. The molecule has 0 aliphatic rings. The van der Waals surface area contributed by atoms with Gasteiger partial charge in [-0.25, -0.2) is 4.98 Å². The van der Waals surface area contributed by atoms with E-state index in [9.17, 15) is 4.79 Å². The minimum Gasteiger partial charge on any atom is -0.466 e. The molecule has 0 saturated carbocycles. The number of carbonyl (C=O) groups excluding carboxylic acids is 1. The van der Waals surface area contributed by atoms with Gasteiger partial charge in [0, 0.05) is 28.1 Å². The average molecular weight is 395 g/mol. The summed E-state index contributed by atoms with van der Waals surface area (Å²) in [5.74, 6) is 1.58.